The maximum atomic E-state index is 5.23. The molecule has 0 radical (unpaired) electrons. The summed E-state index contributed by atoms with van der Waals surface area (Å²) in [4.78, 5) is 0.0462. The van der Waals surface area contributed by atoms with Crippen molar-refractivity contribution < 1.29 is 4.74 Å². The lowest BCUT2D eigenvalue weighted by Gasteiger charge is -2.25. The quantitative estimate of drug-likeness (QED) is 0.245. The van der Waals surface area contributed by atoms with E-state index in [2.05, 4.69) is 27.7 Å². The molecule has 1 unspecified atom stereocenters. The van der Waals surface area contributed by atoms with E-state index < -0.39 is 0 Å². The lowest BCUT2D eigenvalue weighted by Crippen LogP contribution is -2.28. The summed E-state index contributed by atoms with van der Waals surface area (Å²) in [5.74, 6) is 0. The van der Waals surface area contributed by atoms with Gasteiger partial charge in [-0.15, -0.1) is 0 Å². The molecule has 4 heteroatoms. The van der Waals surface area contributed by atoms with Crippen LogP contribution in [0.2, 0.25) is 0 Å². The lowest BCUT2D eigenvalue weighted by molar-refractivity contribution is 0.137. The molecule has 0 bridgehead atoms. The number of nitrogens with zero attached hydrogens (tertiary/aromatic N) is 2. The van der Waals surface area contributed by atoms with Crippen molar-refractivity contribution in [1.82, 2.24) is 5.01 Å². The van der Waals surface area contributed by atoms with Crippen LogP contribution in [0, 0.1) is 0 Å². The number of hydrogen-bond acceptors (Lipinski definition) is 3. The molecular formula is C9H17BrN2O. The van der Waals surface area contributed by atoms with Gasteiger partial charge in [0.15, 0.2) is 0 Å². The summed E-state index contributed by atoms with van der Waals surface area (Å²) in [6, 6.07) is 0. The van der Waals surface area contributed by atoms with Crippen molar-refractivity contribution in [2.45, 2.75) is 24.9 Å². The number of halogens is 1. The van der Waals surface area contributed by atoms with E-state index in [1.165, 1.54) is 0 Å². The van der Waals surface area contributed by atoms with Crippen molar-refractivity contribution in [2.24, 2.45) is 5.10 Å². The van der Waals surface area contributed by atoms with Crippen LogP contribution < -0.4 is 0 Å². The number of alkyl halides is 1. The van der Waals surface area contributed by atoms with Gasteiger partial charge in [-0.3, -0.25) is 5.01 Å². The molecule has 0 N–H and O–H groups in total. The van der Waals surface area contributed by atoms with Crippen LogP contribution in [-0.2, 0) is 4.74 Å². The van der Waals surface area contributed by atoms with Crippen LogP contribution in [0.4, 0.5) is 0 Å². The summed E-state index contributed by atoms with van der Waals surface area (Å²) in [6.07, 6.45) is 2.11. The van der Waals surface area contributed by atoms with Crippen molar-refractivity contribution >= 4 is 22.6 Å². The molecule has 0 aromatic heterocycles. The van der Waals surface area contributed by atoms with E-state index in [4.69, 9.17) is 4.74 Å². The van der Waals surface area contributed by atoms with Crippen molar-refractivity contribution in [3.8, 4) is 0 Å². The molecule has 0 spiro atoms. The third kappa shape index (κ3) is 3.48. The molecule has 0 heterocycles. The fourth-order valence-electron chi connectivity index (χ4n) is 0.989. The summed E-state index contributed by atoms with van der Waals surface area (Å²) < 4.78 is 5.23. The number of allylic oxidation sites excluding steroid dienone is 1. The number of methoxy groups -OCH3 is 1. The second kappa shape index (κ2) is 6.16. The summed E-state index contributed by atoms with van der Waals surface area (Å²) in [5, 5.41) is 5.55. The predicted molar refractivity (Wildman–Crippen MR) is 60.3 cm³/mol. The molecule has 0 aliphatic rings. The minimum atomic E-state index is 0.0462. The summed E-state index contributed by atoms with van der Waals surface area (Å²) >= 11 is 3.52. The van der Waals surface area contributed by atoms with Crippen molar-refractivity contribution in [3.05, 3.63) is 11.6 Å². The molecule has 0 saturated carbocycles. The third-order valence-electron chi connectivity index (χ3n) is 1.98. The molecule has 0 aromatic rings. The molecule has 3 nitrogen and oxygen atoms in total. The zero-order valence-electron chi connectivity index (χ0n) is 8.62. The van der Waals surface area contributed by atoms with E-state index in [1.54, 1.807) is 12.1 Å². The zero-order chi connectivity index (χ0) is 10.4. The van der Waals surface area contributed by atoms with E-state index in [0.29, 0.717) is 0 Å². The minimum Gasteiger partial charge on any atom is -0.377 e. The van der Waals surface area contributed by atoms with Crippen LogP contribution in [0.3, 0.4) is 0 Å². The first-order chi connectivity index (χ1) is 6.08. The number of rotatable bonds is 5. The van der Waals surface area contributed by atoms with Gasteiger partial charge in [0.1, 0.15) is 4.95 Å². The van der Waals surface area contributed by atoms with E-state index in [-0.39, 0.29) is 11.1 Å². The Balaban J connectivity index is 4.50. The maximum Gasteiger partial charge on any atom is 0.125 e. The van der Waals surface area contributed by atoms with Gasteiger partial charge in [-0.05, 0) is 19.4 Å². The first-order valence-electron chi connectivity index (χ1n) is 4.10. The van der Waals surface area contributed by atoms with Gasteiger partial charge in [0, 0.05) is 20.9 Å². The highest BCUT2D eigenvalue weighted by molar-refractivity contribution is 9.09. The Morgan fingerprint density at radius 2 is 2.23 bits per heavy atom. The van der Waals surface area contributed by atoms with Gasteiger partial charge in [-0.25, -0.2) is 0 Å². The Labute approximate surface area is 88.6 Å². The Morgan fingerprint density at radius 3 is 2.54 bits per heavy atom. The first kappa shape index (κ1) is 12.7. The van der Waals surface area contributed by atoms with Crippen molar-refractivity contribution in [3.63, 3.8) is 0 Å². The second-order valence-electron chi connectivity index (χ2n) is 2.72. The summed E-state index contributed by atoms with van der Waals surface area (Å²) in [5.41, 5.74) is 1.14. The topological polar surface area (TPSA) is 24.8 Å². The Morgan fingerprint density at radius 1 is 1.69 bits per heavy atom. The fourth-order valence-corrected chi connectivity index (χ4v) is 1.76. The van der Waals surface area contributed by atoms with Gasteiger partial charge in [-0.2, -0.15) is 5.10 Å². The highest BCUT2D eigenvalue weighted by Crippen LogP contribution is 2.20. The Bertz CT molecular complexity index is 194. The Kier molecular flexibility index (Phi) is 5.99. The van der Waals surface area contributed by atoms with E-state index in [9.17, 15) is 0 Å². The van der Waals surface area contributed by atoms with Gasteiger partial charge in [-0.1, -0.05) is 22.0 Å². The SMILES string of the molecule is C=NN(C)C(Br)/C(=C/C)[C@@H](C)OC. The number of hydrogen-bond donors (Lipinski definition) is 0. The fraction of sp³-hybridized carbons (Fsp3) is 0.667. The number of ether oxygens (including phenoxy) is 1. The average Bonchev–Trinajstić information content (AvgIpc) is 2.17. The lowest BCUT2D eigenvalue weighted by atomic mass is 10.1. The van der Waals surface area contributed by atoms with E-state index in [1.807, 2.05) is 27.0 Å². The van der Waals surface area contributed by atoms with E-state index >= 15 is 0 Å². The molecule has 76 valence electrons. The standard InChI is InChI=1S/C9H17BrN2O/c1-6-8(7(2)13-5)9(10)12(4)11-3/h6-7,9H,3H2,1-2,4-5H3/b8-6+/t7-,9?/m1/s1. The molecule has 0 amide bonds. The molecule has 0 fully saturated rings. The average molecular weight is 249 g/mol. The maximum absolute atomic E-state index is 5.23. The number of likely N-dealkylation sites (N-methyl/N-ethyl adjacent to an activating group) is 1. The normalized spacial score (nSPS) is 16.5. The summed E-state index contributed by atoms with van der Waals surface area (Å²) in [7, 11) is 3.55. The van der Waals surface area contributed by atoms with Gasteiger partial charge >= 0.3 is 0 Å². The van der Waals surface area contributed by atoms with Crippen LogP contribution in [0.1, 0.15) is 13.8 Å². The monoisotopic (exact) mass is 248 g/mol. The first-order valence-corrected chi connectivity index (χ1v) is 5.02. The Hall–Kier alpha value is -0.350. The highest BCUT2D eigenvalue weighted by atomic mass is 79.9. The largest absolute Gasteiger partial charge is 0.377 e. The number of hydrazone groups is 1. The van der Waals surface area contributed by atoms with E-state index in [0.717, 1.165) is 5.57 Å². The molecular weight excluding hydrogens is 232 g/mol. The molecule has 0 aliphatic heterocycles. The molecule has 0 aromatic carbocycles. The minimum absolute atomic E-state index is 0.0462. The van der Waals surface area contributed by atoms with Gasteiger partial charge in [0.25, 0.3) is 0 Å². The van der Waals surface area contributed by atoms with Gasteiger partial charge in [0.2, 0.25) is 0 Å². The van der Waals surface area contributed by atoms with Crippen LogP contribution in [0.5, 0.6) is 0 Å². The van der Waals surface area contributed by atoms with Crippen LogP contribution >= 0.6 is 15.9 Å². The molecule has 0 rings (SSSR count). The molecule has 0 saturated heterocycles. The van der Waals surface area contributed by atoms with Crippen LogP contribution in [-0.4, -0.2) is 36.9 Å². The summed E-state index contributed by atoms with van der Waals surface area (Å²) in [6.45, 7) is 7.44. The van der Waals surface area contributed by atoms with Crippen molar-refractivity contribution in [1.29, 1.82) is 0 Å². The van der Waals surface area contributed by atoms with Crippen molar-refractivity contribution in [2.75, 3.05) is 14.2 Å². The predicted octanol–water partition coefficient (Wildman–Crippen LogP) is 2.24. The van der Waals surface area contributed by atoms with Crippen LogP contribution in [0.25, 0.3) is 0 Å². The highest BCUT2D eigenvalue weighted by Gasteiger charge is 2.18. The third-order valence-corrected chi connectivity index (χ3v) is 3.10. The molecule has 13 heavy (non-hydrogen) atoms. The smallest absolute Gasteiger partial charge is 0.125 e. The zero-order valence-corrected chi connectivity index (χ0v) is 10.2. The van der Waals surface area contributed by atoms with Gasteiger partial charge in [0.05, 0.1) is 6.10 Å². The van der Waals surface area contributed by atoms with Gasteiger partial charge < -0.3 is 4.74 Å². The second-order valence-corrected chi connectivity index (χ2v) is 3.58. The van der Waals surface area contributed by atoms with Crippen LogP contribution in [0.15, 0.2) is 16.8 Å². The molecule has 2 atom stereocenters. The molecule has 0 aliphatic carbocycles.